The first-order chi connectivity index (χ1) is 5.70. The highest BCUT2D eigenvalue weighted by Crippen LogP contribution is 2.00. The minimum Gasteiger partial charge on any atom is -0.379 e. The first-order valence-corrected chi connectivity index (χ1v) is 4.89. The zero-order valence-electron chi connectivity index (χ0n) is 7.12. The van der Waals surface area contributed by atoms with Crippen molar-refractivity contribution in [1.82, 2.24) is 8.01 Å². The van der Waals surface area contributed by atoms with Crippen LogP contribution in [-0.4, -0.2) is 53.8 Å². The third-order valence-electron chi connectivity index (χ3n) is 1.81. The fraction of sp³-hybridized carbons (Fsp3) is 0.857. The summed E-state index contributed by atoms with van der Waals surface area (Å²) in [5, 5.41) is 0. The SMILES string of the molecule is CN(I)C(=O)CN1CCOCC1. The molecule has 12 heavy (non-hydrogen) atoms. The van der Waals surface area contributed by atoms with Gasteiger partial charge in [-0.05, 0) is 0 Å². The van der Waals surface area contributed by atoms with E-state index in [0.717, 1.165) is 26.3 Å². The molecule has 1 aliphatic heterocycles. The van der Waals surface area contributed by atoms with Crippen molar-refractivity contribution in [3.63, 3.8) is 0 Å². The van der Waals surface area contributed by atoms with Crippen LogP contribution in [0, 0.1) is 0 Å². The van der Waals surface area contributed by atoms with E-state index in [0.29, 0.717) is 6.54 Å². The van der Waals surface area contributed by atoms with E-state index in [1.807, 2.05) is 22.9 Å². The van der Waals surface area contributed by atoms with Crippen LogP contribution in [0.2, 0.25) is 0 Å². The first kappa shape index (κ1) is 10.2. The van der Waals surface area contributed by atoms with E-state index in [2.05, 4.69) is 4.90 Å². The third kappa shape index (κ3) is 3.24. The van der Waals surface area contributed by atoms with E-state index in [-0.39, 0.29) is 5.91 Å². The van der Waals surface area contributed by atoms with Gasteiger partial charge in [-0.1, -0.05) is 0 Å². The van der Waals surface area contributed by atoms with Gasteiger partial charge in [-0.3, -0.25) is 12.8 Å². The van der Waals surface area contributed by atoms with E-state index in [4.69, 9.17) is 4.74 Å². The molecule has 0 aliphatic carbocycles. The molecule has 70 valence electrons. The molecule has 0 saturated carbocycles. The highest BCUT2D eigenvalue weighted by Gasteiger charge is 2.15. The van der Waals surface area contributed by atoms with Gasteiger partial charge < -0.3 is 4.74 Å². The summed E-state index contributed by atoms with van der Waals surface area (Å²) in [6.07, 6.45) is 0. The molecule has 4 nitrogen and oxygen atoms in total. The van der Waals surface area contributed by atoms with Gasteiger partial charge in [0.2, 0.25) is 5.91 Å². The van der Waals surface area contributed by atoms with Crippen molar-refractivity contribution in [2.45, 2.75) is 0 Å². The Bertz CT molecular complexity index is 157. The molecule has 1 heterocycles. The van der Waals surface area contributed by atoms with Crippen molar-refractivity contribution in [3.8, 4) is 0 Å². The molecular formula is C7H13IN2O2. The molecule has 1 rings (SSSR count). The second-order valence-corrected chi connectivity index (χ2v) is 4.21. The Morgan fingerprint density at radius 1 is 1.58 bits per heavy atom. The summed E-state index contributed by atoms with van der Waals surface area (Å²) in [4.78, 5) is 13.4. The number of nitrogens with zero attached hydrogens (tertiary/aromatic N) is 2. The summed E-state index contributed by atoms with van der Waals surface area (Å²) >= 11 is 1.99. The van der Waals surface area contributed by atoms with Crippen LogP contribution in [0.15, 0.2) is 0 Å². The number of hydrogen-bond donors (Lipinski definition) is 0. The van der Waals surface area contributed by atoms with Crippen LogP contribution in [-0.2, 0) is 9.53 Å². The molecule has 0 radical (unpaired) electrons. The second-order valence-electron chi connectivity index (χ2n) is 2.76. The van der Waals surface area contributed by atoms with Crippen LogP contribution < -0.4 is 0 Å². The Morgan fingerprint density at radius 2 is 2.17 bits per heavy atom. The minimum atomic E-state index is 0.150. The Labute approximate surface area is 86.3 Å². The molecular weight excluding hydrogens is 271 g/mol. The lowest BCUT2D eigenvalue weighted by atomic mass is 10.4. The lowest BCUT2D eigenvalue weighted by Crippen LogP contribution is -2.41. The molecule has 0 N–H and O–H groups in total. The monoisotopic (exact) mass is 284 g/mol. The maximum absolute atomic E-state index is 11.2. The normalized spacial score (nSPS) is 19.2. The van der Waals surface area contributed by atoms with Gasteiger partial charge >= 0.3 is 0 Å². The van der Waals surface area contributed by atoms with Crippen LogP contribution in [0.5, 0.6) is 0 Å². The number of hydrogen-bond acceptors (Lipinski definition) is 3. The number of morpholine rings is 1. The fourth-order valence-corrected chi connectivity index (χ4v) is 1.20. The van der Waals surface area contributed by atoms with Gasteiger partial charge in [0.05, 0.1) is 42.6 Å². The van der Waals surface area contributed by atoms with Gasteiger partial charge in [0.1, 0.15) is 0 Å². The van der Waals surface area contributed by atoms with Crippen LogP contribution >= 0.6 is 22.9 Å². The second kappa shape index (κ2) is 4.98. The molecule has 5 heteroatoms. The quantitative estimate of drug-likeness (QED) is 0.533. The Morgan fingerprint density at radius 3 is 2.67 bits per heavy atom. The molecule has 0 spiro atoms. The summed E-state index contributed by atoms with van der Waals surface area (Å²) in [6.45, 7) is 3.76. The Kier molecular flexibility index (Phi) is 4.24. The van der Waals surface area contributed by atoms with Crippen molar-refractivity contribution in [3.05, 3.63) is 0 Å². The van der Waals surface area contributed by atoms with Crippen molar-refractivity contribution in [1.29, 1.82) is 0 Å². The van der Waals surface area contributed by atoms with Crippen LogP contribution in [0.1, 0.15) is 0 Å². The lowest BCUT2D eigenvalue weighted by Gasteiger charge is -2.26. The van der Waals surface area contributed by atoms with Gasteiger partial charge in [-0.25, -0.2) is 0 Å². The van der Waals surface area contributed by atoms with Crippen molar-refractivity contribution >= 4 is 28.8 Å². The number of halogens is 1. The predicted octanol–water partition coefficient (Wildman–Crippen LogP) is 0.127. The first-order valence-electron chi connectivity index (χ1n) is 3.92. The van der Waals surface area contributed by atoms with Crippen molar-refractivity contribution < 1.29 is 9.53 Å². The molecule has 0 unspecified atom stereocenters. The van der Waals surface area contributed by atoms with Gasteiger partial charge in [0.15, 0.2) is 0 Å². The highest BCUT2D eigenvalue weighted by molar-refractivity contribution is 14.1. The molecule has 0 aromatic carbocycles. The van der Waals surface area contributed by atoms with Gasteiger partial charge in [-0.15, -0.1) is 0 Å². The van der Waals surface area contributed by atoms with Crippen molar-refractivity contribution in [2.24, 2.45) is 0 Å². The standard InChI is InChI=1S/C7H13IN2O2/c1-9(8)7(11)6-10-2-4-12-5-3-10/h2-6H2,1H3. The Hall–Kier alpha value is 0.120. The van der Waals surface area contributed by atoms with Crippen LogP contribution in [0.25, 0.3) is 0 Å². The summed E-state index contributed by atoms with van der Waals surface area (Å²) in [6, 6.07) is 0. The fourth-order valence-electron chi connectivity index (χ4n) is 1.05. The summed E-state index contributed by atoms with van der Waals surface area (Å²) in [5.74, 6) is 0.150. The maximum Gasteiger partial charge on any atom is 0.245 e. The zero-order valence-corrected chi connectivity index (χ0v) is 9.28. The number of rotatable bonds is 2. The number of carbonyl (C=O) groups excluding carboxylic acids is 1. The maximum atomic E-state index is 11.2. The topological polar surface area (TPSA) is 32.8 Å². The van der Waals surface area contributed by atoms with Crippen LogP contribution in [0.3, 0.4) is 0 Å². The molecule has 1 aliphatic rings. The number of carbonyl (C=O) groups is 1. The predicted molar refractivity (Wildman–Crippen MR) is 54.0 cm³/mol. The molecule has 0 atom stereocenters. The molecule has 1 amide bonds. The van der Waals surface area contributed by atoms with E-state index in [9.17, 15) is 4.79 Å². The lowest BCUT2D eigenvalue weighted by molar-refractivity contribution is -0.126. The van der Waals surface area contributed by atoms with E-state index in [1.165, 1.54) is 0 Å². The average molecular weight is 284 g/mol. The van der Waals surface area contributed by atoms with Gasteiger partial charge in [0.25, 0.3) is 0 Å². The number of likely N-dealkylation sites (N-methyl/N-ethyl adjacent to an activating group) is 1. The molecule has 1 saturated heterocycles. The molecule has 1 fully saturated rings. The number of ether oxygens (including phenoxy) is 1. The molecule has 0 aromatic heterocycles. The van der Waals surface area contributed by atoms with E-state index < -0.39 is 0 Å². The molecule has 0 aromatic rings. The number of amides is 1. The van der Waals surface area contributed by atoms with E-state index in [1.54, 1.807) is 10.2 Å². The van der Waals surface area contributed by atoms with Crippen LogP contribution in [0.4, 0.5) is 0 Å². The summed E-state index contributed by atoms with van der Waals surface area (Å²) in [5.41, 5.74) is 0. The zero-order chi connectivity index (χ0) is 8.97. The van der Waals surface area contributed by atoms with Gasteiger partial charge in [-0.2, -0.15) is 0 Å². The largest absolute Gasteiger partial charge is 0.379 e. The highest BCUT2D eigenvalue weighted by atomic mass is 127. The minimum absolute atomic E-state index is 0.150. The Balaban J connectivity index is 2.24. The summed E-state index contributed by atoms with van der Waals surface area (Å²) in [7, 11) is 1.77. The van der Waals surface area contributed by atoms with Gasteiger partial charge in [0, 0.05) is 20.1 Å². The molecule has 0 bridgehead atoms. The summed E-state index contributed by atoms with van der Waals surface area (Å²) < 4.78 is 6.76. The average Bonchev–Trinajstić information content (AvgIpc) is 2.06. The third-order valence-corrected chi connectivity index (χ3v) is 2.34. The smallest absolute Gasteiger partial charge is 0.245 e. The van der Waals surface area contributed by atoms with Crippen molar-refractivity contribution in [2.75, 3.05) is 39.9 Å². The van der Waals surface area contributed by atoms with E-state index >= 15 is 0 Å².